The molecule has 0 aliphatic rings. The average Bonchev–Trinajstić information content (AvgIpc) is 3.20. The quantitative estimate of drug-likeness (QED) is 0.0266. The molecular weight excluding hydrogens is 737 g/mol. The number of nitrogens with two attached hydrogens (primary N) is 1. The smallest absolute Gasteiger partial charge is 0.462 e. The van der Waals surface area contributed by atoms with Crippen molar-refractivity contribution in [2.24, 2.45) is 5.73 Å². The first-order valence-electron chi connectivity index (χ1n) is 23.8. The van der Waals surface area contributed by atoms with Crippen LogP contribution in [0.2, 0.25) is 0 Å². The lowest BCUT2D eigenvalue weighted by Crippen LogP contribution is -2.29. The van der Waals surface area contributed by atoms with Crippen molar-refractivity contribution in [3.8, 4) is 0 Å². The van der Waals surface area contributed by atoms with Crippen LogP contribution in [0.5, 0.6) is 0 Å². The van der Waals surface area contributed by atoms with Gasteiger partial charge < -0.3 is 20.1 Å². The van der Waals surface area contributed by atoms with Gasteiger partial charge in [-0.3, -0.25) is 18.6 Å². The third-order valence-electron chi connectivity index (χ3n) is 10.3. The van der Waals surface area contributed by atoms with Gasteiger partial charge in [-0.2, -0.15) is 0 Å². The lowest BCUT2D eigenvalue weighted by Gasteiger charge is -2.19. The van der Waals surface area contributed by atoms with E-state index in [9.17, 15) is 19.0 Å². The molecule has 0 fully saturated rings. The minimum atomic E-state index is -4.38. The molecule has 0 aromatic heterocycles. The fourth-order valence-corrected chi connectivity index (χ4v) is 7.51. The first-order chi connectivity index (χ1) is 27.8. The van der Waals surface area contributed by atoms with E-state index in [1.807, 2.05) is 0 Å². The van der Waals surface area contributed by atoms with Crippen molar-refractivity contribution in [1.29, 1.82) is 0 Å². The molecule has 3 N–H and O–H groups in total. The normalized spacial score (nSPS) is 13.4. The van der Waals surface area contributed by atoms with Gasteiger partial charge in [0.1, 0.15) is 6.61 Å². The van der Waals surface area contributed by atoms with Gasteiger partial charge in [-0.1, -0.05) is 179 Å². The summed E-state index contributed by atoms with van der Waals surface area (Å²) in [6.45, 7) is 3.74. The van der Waals surface area contributed by atoms with E-state index in [2.05, 4.69) is 38.2 Å². The van der Waals surface area contributed by atoms with Gasteiger partial charge in [0.05, 0.1) is 13.2 Å². The van der Waals surface area contributed by atoms with Crippen LogP contribution in [-0.4, -0.2) is 49.3 Å². The van der Waals surface area contributed by atoms with Crippen LogP contribution >= 0.6 is 7.82 Å². The summed E-state index contributed by atoms with van der Waals surface area (Å²) in [5.74, 6) is -0.831. The van der Waals surface area contributed by atoms with E-state index in [0.717, 1.165) is 57.8 Å². The van der Waals surface area contributed by atoms with Crippen LogP contribution in [0.3, 0.4) is 0 Å². The van der Waals surface area contributed by atoms with E-state index in [4.69, 9.17) is 24.3 Å². The molecule has 1 unspecified atom stereocenters. The summed E-state index contributed by atoms with van der Waals surface area (Å²) in [7, 11) is -4.38. The van der Waals surface area contributed by atoms with Crippen molar-refractivity contribution in [2.75, 3.05) is 26.4 Å². The van der Waals surface area contributed by atoms with E-state index in [1.165, 1.54) is 141 Å². The Bertz CT molecular complexity index is 990. The Kier molecular flexibility index (Phi) is 42.9. The second kappa shape index (κ2) is 44.1. The fourth-order valence-electron chi connectivity index (χ4n) is 6.74. The minimum Gasteiger partial charge on any atom is -0.462 e. The van der Waals surface area contributed by atoms with Crippen molar-refractivity contribution in [3.63, 3.8) is 0 Å². The molecule has 9 nitrogen and oxygen atoms in total. The number of unbranched alkanes of at least 4 members (excludes halogenated alkanes) is 28. The first-order valence-corrected chi connectivity index (χ1v) is 25.3. The van der Waals surface area contributed by atoms with Gasteiger partial charge in [0.2, 0.25) is 0 Å². The van der Waals surface area contributed by atoms with Gasteiger partial charge >= 0.3 is 19.8 Å². The van der Waals surface area contributed by atoms with Crippen molar-refractivity contribution in [3.05, 3.63) is 24.3 Å². The van der Waals surface area contributed by atoms with Crippen LogP contribution in [0, 0.1) is 0 Å². The number of phosphoric ester groups is 1. The number of hydrogen-bond acceptors (Lipinski definition) is 8. The largest absolute Gasteiger partial charge is 0.472 e. The van der Waals surface area contributed by atoms with Crippen LogP contribution < -0.4 is 5.73 Å². The second-order valence-corrected chi connectivity index (χ2v) is 17.4. The third-order valence-corrected chi connectivity index (χ3v) is 11.3. The van der Waals surface area contributed by atoms with Crippen LogP contribution in [0.25, 0.3) is 0 Å². The number of ether oxygens (including phenoxy) is 2. The highest BCUT2D eigenvalue weighted by Gasteiger charge is 2.26. The van der Waals surface area contributed by atoms with Crippen molar-refractivity contribution in [2.45, 2.75) is 238 Å². The van der Waals surface area contributed by atoms with E-state index in [-0.39, 0.29) is 38.6 Å². The van der Waals surface area contributed by atoms with Gasteiger partial charge in [-0.05, 0) is 64.2 Å². The van der Waals surface area contributed by atoms with Crippen LogP contribution in [-0.2, 0) is 32.7 Å². The molecule has 0 amide bonds. The number of hydrogen-bond donors (Lipinski definition) is 2. The van der Waals surface area contributed by atoms with E-state index < -0.39 is 26.5 Å². The Morgan fingerprint density at radius 3 is 1.25 bits per heavy atom. The third kappa shape index (κ3) is 43.9. The number of phosphoric acid groups is 1. The predicted molar refractivity (Wildman–Crippen MR) is 238 cm³/mol. The molecule has 0 aliphatic carbocycles. The zero-order valence-electron chi connectivity index (χ0n) is 37.1. The molecule has 0 saturated heterocycles. The lowest BCUT2D eigenvalue weighted by atomic mass is 10.0. The van der Waals surface area contributed by atoms with E-state index in [1.54, 1.807) is 0 Å². The molecule has 0 heterocycles. The molecule has 10 heteroatoms. The molecule has 0 rings (SSSR count). The molecule has 0 saturated carbocycles. The van der Waals surface area contributed by atoms with Crippen LogP contribution in [0.15, 0.2) is 24.3 Å². The molecule has 0 bridgehead atoms. The molecule has 0 aromatic rings. The fraction of sp³-hybridized carbons (Fsp3) is 0.872. The van der Waals surface area contributed by atoms with E-state index in [0.29, 0.717) is 6.42 Å². The Labute approximate surface area is 351 Å². The van der Waals surface area contributed by atoms with Gasteiger partial charge in [-0.25, -0.2) is 4.57 Å². The monoisotopic (exact) mass is 828 g/mol. The SMILES string of the molecule is CCCCCCCCC=CCCCCCCCCCCCCCC(=O)O[C@H](COC(=O)CCCCCCCC=CCCCCCCCC)COP(=O)(O)OCCN. The zero-order chi connectivity index (χ0) is 41.8. The van der Waals surface area contributed by atoms with E-state index >= 15 is 0 Å². The Morgan fingerprint density at radius 2 is 0.860 bits per heavy atom. The summed E-state index contributed by atoms with van der Waals surface area (Å²) in [5.41, 5.74) is 5.36. The molecular formula is C47H90NO8P. The van der Waals surface area contributed by atoms with Crippen LogP contribution in [0.1, 0.15) is 232 Å². The average molecular weight is 828 g/mol. The van der Waals surface area contributed by atoms with Gasteiger partial charge in [0.15, 0.2) is 6.10 Å². The van der Waals surface area contributed by atoms with Gasteiger partial charge in [0, 0.05) is 19.4 Å². The number of carbonyl (C=O) groups is 2. The Hall–Kier alpha value is -1.51. The van der Waals surface area contributed by atoms with Gasteiger partial charge in [-0.15, -0.1) is 0 Å². The van der Waals surface area contributed by atoms with Crippen LogP contribution in [0.4, 0.5) is 0 Å². The highest BCUT2D eigenvalue weighted by molar-refractivity contribution is 7.47. The van der Waals surface area contributed by atoms with Crippen molar-refractivity contribution in [1.82, 2.24) is 0 Å². The zero-order valence-corrected chi connectivity index (χ0v) is 38.0. The Morgan fingerprint density at radius 1 is 0.509 bits per heavy atom. The molecule has 57 heavy (non-hydrogen) atoms. The molecule has 0 spiro atoms. The molecule has 0 radical (unpaired) electrons. The summed E-state index contributed by atoms with van der Waals surface area (Å²) in [6, 6.07) is 0. The molecule has 0 aromatic carbocycles. The summed E-state index contributed by atoms with van der Waals surface area (Å²) >= 11 is 0. The molecule has 336 valence electrons. The number of carbonyl (C=O) groups excluding carboxylic acids is 2. The molecule has 2 atom stereocenters. The standard InChI is InChI=1S/C47H90NO8P/c1-3-5-7-9-11-13-15-17-19-20-21-22-23-24-26-28-30-32-34-36-38-40-47(50)56-45(44-55-57(51,52)54-42-41-48)43-53-46(49)39-37-35-33-31-29-27-25-18-16-14-12-10-8-6-4-2/h17-19,25,45H,3-16,20-24,26-44,48H2,1-2H3,(H,51,52)/t45-/m1/s1. The summed E-state index contributed by atoms with van der Waals surface area (Å²) < 4.78 is 32.8. The lowest BCUT2D eigenvalue weighted by molar-refractivity contribution is -0.161. The van der Waals surface area contributed by atoms with Gasteiger partial charge in [0.25, 0.3) is 0 Å². The highest BCUT2D eigenvalue weighted by Crippen LogP contribution is 2.43. The maximum atomic E-state index is 12.6. The Balaban J connectivity index is 4.07. The highest BCUT2D eigenvalue weighted by atomic mass is 31.2. The summed E-state index contributed by atoms with van der Waals surface area (Å²) in [5, 5.41) is 0. The summed E-state index contributed by atoms with van der Waals surface area (Å²) in [6.07, 6.45) is 47.8. The topological polar surface area (TPSA) is 134 Å². The predicted octanol–water partition coefficient (Wildman–Crippen LogP) is 13.9. The first kappa shape index (κ1) is 55.5. The number of rotatable bonds is 45. The second-order valence-electron chi connectivity index (χ2n) is 16.0. The maximum Gasteiger partial charge on any atom is 0.472 e. The number of allylic oxidation sites excluding steroid dienone is 4. The van der Waals surface area contributed by atoms with Crippen molar-refractivity contribution >= 4 is 19.8 Å². The maximum absolute atomic E-state index is 12.6. The number of esters is 2. The molecule has 0 aliphatic heterocycles. The van der Waals surface area contributed by atoms with Crippen molar-refractivity contribution < 1.29 is 37.6 Å². The summed E-state index contributed by atoms with van der Waals surface area (Å²) in [4.78, 5) is 34.9. The minimum absolute atomic E-state index is 0.0535.